The van der Waals surface area contributed by atoms with Crippen LogP contribution in [0.15, 0.2) is 51.8 Å². The number of nitrogens with zero attached hydrogens (tertiary/aromatic N) is 2. The molecule has 3 rings (SSSR count). The lowest BCUT2D eigenvalue weighted by Crippen LogP contribution is -2.17. The van der Waals surface area contributed by atoms with Crippen molar-refractivity contribution in [3.63, 3.8) is 0 Å². The summed E-state index contributed by atoms with van der Waals surface area (Å²) in [5, 5.41) is 10.2. The lowest BCUT2D eigenvalue weighted by molar-refractivity contribution is -0.115. The van der Waals surface area contributed by atoms with Gasteiger partial charge in [-0.25, -0.2) is 8.42 Å². The van der Waals surface area contributed by atoms with E-state index in [1.165, 1.54) is 12.1 Å². The number of carbonyl (C=O) groups excluding carboxylic acids is 1. The van der Waals surface area contributed by atoms with Gasteiger partial charge in [0.1, 0.15) is 0 Å². The Morgan fingerprint density at radius 2 is 1.68 bits per heavy atom. The fourth-order valence-electron chi connectivity index (χ4n) is 2.71. The molecule has 0 aliphatic carbocycles. The predicted molar refractivity (Wildman–Crippen MR) is 106 cm³/mol. The van der Waals surface area contributed by atoms with Gasteiger partial charge in [-0.3, -0.25) is 10.1 Å². The van der Waals surface area contributed by atoms with E-state index >= 15 is 0 Å². The van der Waals surface area contributed by atoms with E-state index in [-0.39, 0.29) is 23.1 Å². The van der Waals surface area contributed by atoms with Crippen molar-refractivity contribution in [2.45, 2.75) is 32.1 Å². The smallest absolute Gasteiger partial charge is 0.322 e. The van der Waals surface area contributed by atoms with Crippen LogP contribution in [-0.2, 0) is 14.6 Å². The van der Waals surface area contributed by atoms with Crippen molar-refractivity contribution in [1.82, 2.24) is 10.2 Å². The number of benzene rings is 2. The number of carbonyl (C=O) groups is 1. The van der Waals surface area contributed by atoms with Crippen molar-refractivity contribution in [1.29, 1.82) is 0 Å². The Hall–Kier alpha value is -3.00. The number of anilines is 1. The third-order valence-electron chi connectivity index (χ3n) is 4.26. The van der Waals surface area contributed by atoms with E-state index in [0.717, 1.165) is 22.3 Å². The third-order valence-corrected chi connectivity index (χ3v) is 5.99. The summed E-state index contributed by atoms with van der Waals surface area (Å²) in [5.41, 5.74) is 3.84. The largest absolute Gasteiger partial charge is 0.403 e. The average molecular weight is 399 g/mol. The quantitative estimate of drug-likeness (QED) is 0.681. The van der Waals surface area contributed by atoms with Gasteiger partial charge in [-0.1, -0.05) is 40.5 Å². The van der Waals surface area contributed by atoms with Crippen LogP contribution in [0, 0.1) is 20.8 Å². The lowest BCUT2D eigenvalue weighted by Gasteiger charge is -2.05. The van der Waals surface area contributed by atoms with Gasteiger partial charge in [-0.2, -0.15) is 0 Å². The summed E-state index contributed by atoms with van der Waals surface area (Å²) in [4.78, 5) is 12.3. The zero-order valence-corrected chi connectivity index (χ0v) is 16.7. The molecule has 28 heavy (non-hydrogen) atoms. The first-order chi connectivity index (χ1) is 13.2. The zero-order chi connectivity index (χ0) is 20.3. The molecule has 1 aromatic heterocycles. The summed E-state index contributed by atoms with van der Waals surface area (Å²) < 4.78 is 30.1. The highest BCUT2D eigenvalue weighted by Crippen LogP contribution is 2.24. The van der Waals surface area contributed by atoms with Gasteiger partial charge in [0, 0.05) is 12.0 Å². The molecule has 1 N–H and O–H groups in total. The minimum atomic E-state index is -3.54. The molecule has 0 saturated heterocycles. The molecule has 2 aromatic carbocycles. The molecular formula is C20H21N3O4S. The molecular weight excluding hydrogens is 378 g/mol. The van der Waals surface area contributed by atoms with E-state index in [9.17, 15) is 13.2 Å². The molecule has 7 nitrogen and oxygen atoms in total. The standard InChI is InChI=1S/C20H21N3O4S/c1-13-4-7-16(8-5-13)28(25,26)11-10-18(24)21-20-23-22-19(27-20)17-9-6-14(2)12-15(17)3/h4-9,12H,10-11H2,1-3H3,(H,21,23,24). The lowest BCUT2D eigenvalue weighted by atomic mass is 10.1. The minimum Gasteiger partial charge on any atom is -0.403 e. The number of amides is 1. The van der Waals surface area contributed by atoms with Gasteiger partial charge in [0.2, 0.25) is 11.8 Å². The normalized spacial score (nSPS) is 11.4. The van der Waals surface area contributed by atoms with Crippen molar-refractivity contribution < 1.29 is 17.6 Å². The molecule has 1 amide bonds. The molecule has 0 spiro atoms. The van der Waals surface area contributed by atoms with Gasteiger partial charge in [0.15, 0.2) is 9.84 Å². The molecule has 0 bridgehead atoms. The molecule has 0 aliphatic heterocycles. The first-order valence-electron chi connectivity index (χ1n) is 8.75. The van der Waals surface area contributed by atoms with Crippen molar-refractivity contribution in [2.24, 2.45) is 0 Å². The second kappa shape index (κ2) is 7.93. The summed E-state index contributed by atoms with van der Waals surface area (Å²) in [7, 11) is -3.54. The Kier molecular flexibility index (Phi) is 5.60. The zero-order valence-electron chi connectivity index (χ0n) is 15.9. The number of nitrogens with one attached hydrogen (secondary N) is 1. The van der Waals surface area contributed by atoms with E-state index in [4.69, 9.17) is 4.42 Å². The monoisotopic (exact) mass is 399 g/mol. The maximum Gasteiger partial charge on any atom is 0.322 e. The minimum absolute atomic E-state index is 0.0623. The predicted octanol–water partition coefficient (Wildman–Crippen LogP) is 3.46. The van der Waals surface area contributed by atoms with Crippen LogP contribution in [0.2, 0.25) is 0 Å². The van der Waals surface area contributed by atoms with Gasteiger partial charge in [0.05, 0.1) is 10.6 Å². The molecule has 0 aliphatic rings. The summed E-state index contributed by atoms with van der Waals surface area (Å²) in [6, 6.07) is 12.3. The molecule has 1 heterocycles. The van der Waals surface area contributed by atoms with Gasteiger partial charge < -0.3 is 4.42 Å². The molecule has 0 radical (unpaired) electrons. The van der Waals surface area contributed by atoms with Gasteiger partial charge in [0.25, 0.3) is 0 Å². The number of hydrogen-bond donors (Lipinski definition) is 1. The second-order valence-corrected chi connectivity index (χ2v) is 8.77. The summed E-state index contributed by atoms with van der Waals surface area (Å²) in [5.74, 6) is -0.522. The van der Waals surface area contributed by atoms with Crippen LogP contribution in [0.1, 0.15) is 23.1 Å². The van der Waals surface area contributed by atoms with Crippen molar-refractivity contribution in [2.75, 3.05) is 11.1 Å². The fraction of sp³-hybridized carbons (Fsp3) is 0.250. The fourth-order valence-corrected chi connectivity index (χ4v) is 3.95. The summed E-state index contributed by atoms with van der Waals surface area (Å²) >= 11 is 0. The summed E-state index contributed by atoms with van der Waals surface area (Å²) in [6.45, 7) is 5.79. The van der Waals surface area contributed by atoms with E-state index < -0.39 is 15.7 Å². The van der Waals surface area contributed by atoms with E-state index in [1.54, 1.807) is 12.1 Å². The number of aromatic nitrogens is 2. The van der Waals surface area contributed by atoms with Crippen LogP contribution in [0.5, 0.6) is 0 Å². The van der Waals surface area contributed by atoms with Gasteiger partial charge in [-0.05, 0) is 44.5 Å². The van der Waals surface area contributed by atoms with Crippen molar-refractivity contribution in [3.05, 3.63) is 59.2 Å². The molecule has 3 aromatic rings. The Morgan fingerprint density at radius 1 is 1.00 bits per heavy atom. The van der Waals surface area contributed by atoms with Crippen LogP contribution >= 0.6 is 0 Å². The molecule has 8 heteroatoms. The third kappa shape index (κ3) is 4.64. The SMILES string of the molecule is Cc1ccc(S(=O)(=O)CCC(=O)Nc2nnc(-c3ccc(C)cc3C)o2)cc1. The Morgan fingerprint density at radius 3 is 2.36 bits per heavy atom. The van der Waals surface area contributed by atoms with E-state index in [1.807, 2.05) is 39.0 Å². The Bertz CT molecular complexity index is 1100. The van der Waals surface area contributed by atoms with Crippen molar-refractivity contribution in [3.8, 4) is 11.5 Å². The van der Waals surface area contributed by atoms with Gasteiger partial charge in [-0.15, -0.1) is 5.10 Å². The van der Waals surface area contributed by atoms with Gasteiger partial charge >= 0.3 is 6.01 Å². The molecule has 0 saturated carbocycles. The first kappa shape index (κ1) is 19.8. The Labute approximate surface area is 163 Å². The highest BCUT2D eigenvalue weighted by atomic mass is 32.2. The van der Waals surface area contributed by atoms with Crippen LogP contribution in [0.3, 0.4) is 0 Å². The topological polar surface area (TPSA) is 102 Å². The van der Waals surface area contributed by atoms with E-state index in [2.05, 4.69) is 15.5 Å². The number of aryl methyl sites for hydroxylation is 3. The van der Waals surface area contributed by atoms with Crippen molar-refractivity contribution >= 4 is 21.8 Å². The van der Waals surface area contributed by atoms with E-state index in [0.29, 0.717) is 5.89 Å². The highest BCUT2D eigenvalue weighted by molar-refractivity contribution is 7.91. The first-order valence-corrected chi connectivity index (χ1v) is 10.4. The average Bonchev–Trinajstić information content (AvgIpc) is 3.08. The molecule has 0 unspecified atom stereocenters. The number of sulfone groups is 1. The maximum absolute atomic E-state index is 12.3. The molecule has 0 atom stereocenters. The van der Waals surface area contributed by atoms with Crippen LogP contribution in [0.4, 0.5) is 6.01 Å². The highest BCUT2D eigenvalue weighted by Gasteiger charge is 2.18. The number of rotatable bonds is 6. The summed E-state index contributed by atoms with van der Waals surface area (Å²) in [6.07, 6.45) is -0.211. The van der Waals surface area contributed by atoms with Crippen LogP contribution < -0.4 is 5.32 Å². The molecule has 0 fully saturated rings. The van der Waals surface area contributed by atoms with Crippen LogP contribution in [-0.4, -0.2) is 30.3 Å². The number of hydrogen-bond acceptors (Lipinski definition) is 6. The second-order valence-electron chi connectivity index (χ2n) is 6.66. The van der Waals surface area contributed by atoms with Crippen LogP contribution in [0.25, 0.3) is 11.5 Å². The maximum atomic E-state index is 12.3. The molecule has 146 valence electrons. The Balaban J connectivity index is 1.62.